The minimum Gasteiger partial charge on any atom is -0.476 e. The van der Waals surface area contributed by atoms with Crippen molar-refractivity contribution in [3.63, 3.8) is 0 Å². The van der Waals surface area contributed by atoms with Gasteiger partial charge in [-0.2, -0.15) is 0 Å². The molecule has 2 N–H and O–H groups in total. The predicted molar refractivity (Wildman–Crippen MR) is 75.4 cm³/mol. The van der Waals surface area contributed by atoms with E-state index in [4.69, 9.17) is 5.11 Å². The SMILES string of the molecule is CC1CCC(CNS(=O)(=O)c2scnc2C(=O)O)CC1. The third-order valence-electron chi connectivity index (χ3n) is 3.68. The number of hydrogen-bond acceptors (Lipinski definition) is 5. The molecule has 1 aliphatic carbocycles. The van der Waals surface area contributed by atoms with Crippen molar-refractivity contribution >= 4 is 27.3 Å². The van der Waals surface area contributed by atoms with Gasteiger partial charge in [-0.05, 0) is 24.7 Å². The first-order valence-electron chi connectivity index (χ1n) is 6.56. The highest BCUT2D eigenvalue weighted by Crippen LogP contribution is 2.28. The zero-order valence-electron chi connectivity index (χ0n) is 11.2. The molecule has 1 fully saturated rings. The van der Waals surface area contributed by atoms with Gasteiger partial charge >= 0.3 is 5.97 Å². The van der Waals surface area contributed by atoms with Crippen molar-refractivity contribution in [2.45, 2.75) is 36.8 Å². The van der Waals surface area contributed by atoms with Crippen LogP contribution >= 0.6 is 11.3 Å². The Morgan fingerprint density at radius 3 is 2.70 bits per heavy atom. The number of nitrogens with zero attached hydrogens (tertiary/aromatic N) is 1. The van der Waals surface area contributed by atoms with Crippen LogP contribution in [0.3, 0.4) is 0 Å². The highest BCUT2D eigenvalue weighted by Gasteiger charge is 2.27. The van der Waals surface area contributed by atoms with Crippen LogP contribution in [0.2, 0.25) is 0 Å². The molecule has 1 aromatic rings. The van der Waals surface area contributed by atoms with Crippen molar-refractivity contribution < 1.29 is 18.3 Å². The summed E-state index contributed by atoms with van der Waals surface area (Å²) < 4.78 is 26.5. The van der Waals surface area contributed by atoms with Crippen LogP contribution < -0.4 is 4.72 Å². The zero-order chi connectivity index (χ0) is 14.8. The Hall–Kier alpha value is -0.990. The van der Waals surface area contributed by atoms with Crippen molar-refractivity contribution in [3.8, 4) is 0 Å². The van der Waals surface area contributed by atoms with E-state index in [9.17, 15) is 13.2 Å². The summed E-state index contributed by atoms with van der Waals surface area (Å²) in [6, 6.07) is 0. The molecule has 0 spiro atoms. The van der Waals surface area contributed by atoms with Crippen molar-refractivity contribution in [3.05, 3.63) is 11.2 Å². The van der Waals surface area contributed by atoms with E-state index in [0.717, 1.165) is 37.0 Å². The largest absolute Gasteiger partial charge is 0.476 e. The smallest absolute Gasteiger partial charge is 0.356 e. The lowest BCUT2D eigenvalue weighted by atomic mass is 9.83. The van der Waals surface area contributed by atoms with Crippen LogP contribution in [-0.4, -0.2) is 31.0 Å². The maximum Gasteiger partial charge on any atom is 0.356 e. The first kappa shape index (κ1) is 15.4. The van der Waals surface area contributed by atoms with Gasteiger partial charge in [-0.3, -0.25) is 0 Å². The van der Waals surface area contributed by atoms with E-state index in [1.165, 1.54) is 5.51 Å². The molecule has 0 amide bonds. The van der Waals surface area contributed by atoms with Crippen LogP contribution in [0.15, 0.2) is 9.72 Å². The van der Waals surface area contributed by atoms with Crippen LogP contribution in [0.4, 0.5) is 0 Å². The van der Waals surface area contributed by atoms with Gasteiger partial charge in [0.05, 0.1) is 5.51 Å². The third-order valence-corrected chi connectivity index (χ3v) is 6.47. The maximum absolute atomic E-state index is 12.1. The summed E-state index contributed by atoms with van der Waals surface area (Å²) in [7, 11) is -3.78. The van der Waals surface area contributed by atoms with Crippen LogP contribution in [0, 0.1) is 11.8 Å². The van der Waals surface area contributed by atoms with Gasteiger partial charge in [-0.15, -0.1) is 11.3 Å². The molecule has 0 radical (unpaired) electrons. The Bertz CT molecular complexity index is 574. The molecule has 20 heavy (non-hydrogen) atoms. The molecule has 0 aliphatic heterocycles. The highest BCUT2D eigenvalue weighted by molar-refractivity contribution is 7.91. The Labute approximate surface area is 122 Å². The second kappa shape index (κ2) is 6.19. The van der Waals surface area contributed by atoms with Gasteiger partial charge in [0.1, 0.15) is 0 Å². The Kier molecular flexibility index (Phi) is 4.77. The first-order valence-corrected chi connectivity index (χ1v) is 8.93. The molecule has 1 aliphatic rings. The molecule has 2 rings (SSSR count). The van der Waals surface area contributed by atoms with E-state index >= 15 is 0 Å². The fraction of sp³-hybridized carbons (Fsp3) is 0.667. The molecule has 1 saturated carbocycles. The van der Waals surface area contributed by atoms with E-state index in [1.54, 1.807) is 0 Å². The van der Waals surface area contributed by atoms with Crippen LogP contribution in [0.5, 0.6) is 0 Å². The minimum absolute atomic E-state index is 0.214. The minimum atomic E-state index is -3.78. The molecule has 1 heterocycles. The molecule has 0 bridgehead atoms. The lowest BCUT2D eigenvalue weighted by Crippen LogP contribution is -2.31. The van der Waals surface area contributed by atoms with Gasteiger partial charge in [0.15, 0.2) is 9.90 Å². The maximum atomic E-state index is 12.1. The summed E-state index contributed by atoms with van der Waals surface area (Å²) in [4.78, 5) is 14.5. The van der Waals surface area contributed by atoms with Crippen LogP contribution in [0.25, 0.3) is 0 Å². The van der Waals surface area contributed by atoms with Crippen LogP contribution in [0.1, 0.15) is 43.1 Å². The number of hydrogen-bond donors (Lipinski definition) is 2. The summed E-state index contributed by atoms with van der Waals surface area (Å²) >= 11 is 0.829. The molecule has 0 saturated heterocycles. The van der Waals surface area contributed by atoms with Gasteiger partial charge in [-0.1, -0.05) is 19.8 Å². The van der Waals surface area contributed by atoms with E-state index in [-0.39, 0.29) is 4.21 Å². The van der Waals surface area contributed by atoms with Gasteiger partial charge < -0.3 is 5.11 Å². The lowest BCUT2D eigenvalue weighted by molar-refractivity contribution is 0.0687. The normalized spacial score (nSPS) is 23.6. The van der Waals surface area contributed by atoms with Crippen molar-refractivity contribution in [1.29, 1.82) is 0 Å². The molecule has 0 unspecified atom stereocenters. The summed E-state index contributed by atoms with van der Waals surface area (Å²) in [6.45, 7) is 2.57. The summed E-state index contributed by atoms with van der Waals surface area (Å²) in [5.41, 5.74) is 0.833. The molecule has 6 nitrogen and oxygen atoms in total. The van der Waals surface area contributed by atoms with Gasteiger partial charge in [0.2, 0.25) is 0 Å². The number of rotatable bonds is 5. The molecular formula is C12H18N2O4S2. The molecule has 8 heteroatoms. The molecule has 0 atom stereocenters. The molecule has 112 valence electrons. The number of carbonyl (C=O) groups is 1. The second-order valence-electron chi connectivity index (χ2n) is 5.27. The van der Waals surface area contributed by atoms with Crippen molar-refractivity contribution in [2.75, 3.05) is 6.54 Å². The number of carboxylic acids is 1. The fourth-order valence-corrected chi connectivity index (χ4v) is 4.69. The van der Waals surface area contributed by atoms with Crippen molar-refractivity contribution in [1.82, 2.24) is 9.71 Å². The van der Waals surface area contributed by atoms with E-state index in [1.807, 2.05) is 0 Å². The Morgan fingerprint density at radius 1 is 1.45 bits per heavy atom. The average Bonchev–Trinajstić information content (AvgIpc) is 2.88. The molecule has 1 aromatic heterocycles. The van der Waals surface area contributed by atoms with E-state index in [2.05, 4.69) is 16.6 Å². The number of carboxylic acid groups (broad SMARTS) is 1. The Balaban J connectivity index is 2.01. The number of thiazole rings is 1. The monoisotopic (exact) mass is 318 g/mol. The third kappa shape index (κ3) is 3.56. The second-order valence-corrected chi connectivity index (χ2v) is 8.09. The van der Waals surface area contributed by atoms with Gasteiger partial charge in [0.25, 0.3) is 10.0 Å². The standard InChI is InChI=1S/C12H18N2O4S2/c1-8-2-4-9(5-3-8)6-14-20(17,18)12-10(11(15)16)13-7-19-12/h7-9,14H,2-6H2,1H3,(H,15,16). The number of sulfonamides is 1. The summed E-state index contributed by atoms with van der Waals surface area (Å²) in [6.07, 6.45) is 4.26. The average molecular weight is 318 g/mol. The fourth-order valence-electron chi connectivity index (χ4n) is 2.39. The Morgan fingerprint density at radius 2 is 2.10 bits per heavy atom. The number of aromatic nitrogens is 1. The number of nitrogens with one attached hydrogen (secondary N) is 1. The first-order chi connectivity index (χ1) is 9.40. The quantitative estimate of drug-likeness (QED) is 0.865. The van der Waals surface area contributed by atoms with Crippen molar-refractivity contribution in [2.24, 2.45) is 11.8 Å². The molecular weight excluding hydrogens is 300 g/mol. The van der Waals surface area contributed by atoms with Gasteiger partial charge in [0, 0.05) is 6.54 Å². The highest BCUT2D eigenvalue weighted by atomic mass is 32.2. The lowest BCUT2D eigenvalue weighted by Gasteiger charge is -2.26. The van der Waals surface area contributed by atoms with E-state index in [0.29, 0.717) is 18.4 Å². The molecule has 0 aromatic carbocycles. The topological polar surface area (TPSA) is 96.4 Å². The van der Waals surface area contributed by atoms with Crippen LogP contribution in [-0.2, 0) is 10.0 Å². The van der Waals surface area contributed by atoms with E-state index < -0.39 is 21.7 Å². The summed E-state index contributed by atoms with van der Waals surface area (Å²) in [5, 5.41) is 8.92. The summed E-state index contributed by atoms with van der Waals surface area (Å²) in [5.74, 6) is -0.275. The van der Waals surface area contributed by atoms with Gasteiger partial charge in [-0.25, -0.2) is 22.9 Å². The zero-order valence-corrected chi connectivity index (χ0v) is 12.8. The number of aromatic carboxylic acids is 1. The predicted octanol–water partition coefficient (Wildman–Crippen LogP) is 1.95.